The van der Waals surface area contributed by atoms with Crippen molar-refractivity contribution in [1.82, 2.24) is 5.32 Å². The quantitative estimate of drug-likeness (QED) is 0.800. The predicted molar refractivity (Wildman–Crippen MR) is 67.9 cm³/mol. The van der Waals surface area contributed by atoms with Crippen LogP contribution in [0.15, 0.2) is 24.3 Å². The van der Waals surface area contributed by atoms with Gasteiger partial charge >= 0.3 is 12.0 Å². The van der Waals surface area contributed by atoms with Gasteiger partial charge in [-0.1, -0.05) is 12.1 Å². The van der Waals surface area contributed by atoms with E-state index in [4.69, 9.17) is 5.11 Å². The number of urea groups is 1. The molecule has 6 heteroatoms. The second-order valence-electron chi connectivity index (χ2n) is 4.45. The van der Waals surface area contributed by atoms with E-state index in [1.165, 1.54) is 0 Å². The molecular formula is C13H14N2O4. The third-order valence-electron chi connectivity index (χ3n) is 2.93. The van der Waals surface area contributed by atoms with Crippen molar-refractivity contribution >= 4 is 23.6 Å². The van der Waals surface area contributed by atoms with E-state index in [1.807, 2.05) is 13.0 Å². The van der Waals surface area contributed by atoms with Gasteiger partial charge in [0.1, 0.15) is 6.04 Å². The predicted octanol–water partition coefficient (Wildman–Crippen LogP) is 1.28. The number of carboxylic acid groups (broad SMARTS) is 1. The first-order valence-corrected chi connectivity index (χ1v) is 5.92. The van der Waals surface area contributed by atoms with Crippen molar-refractivity contribution in [3.05, 3.63) is 29.8 Å². The van der Waals surface area contributed by atoms with Crippen LogP contribution in [-0.4, -0.2) is 29.1 Å². The molecule has 0 saturated carbocycles. The number of carboxylic acids is 1. The van der Waals surface area contributed by atoms with Gasteiger partial charge < -0.3 is 10.4 Å². The van der Waals surface area contributed by atoms with Gasteiger partial charge in [0, 0.05) is 6.42 Å². The van der Waals surface area contributed by atoms with Crippen molar-refractivity contribution in [3.63, 3.8) is 0 Å². The number of imide groups is 1. The van der Waals surface area contributed by atoms with Crippen molar-refractivity contribution in [2.24, 2.45) is 0 Å². The molecular weight excluding hydrogens is 248 g/mol. The van der Waals surface area contributed by atoms with Crippen LogP contribution in [0.25, 0.3) is 0 Å². The molecule has 2 N–H and O–H groups in total. The minimum absolute atomic E-state index is 0.0994. The topological polar surface area (TPSA) is 86.7 Å². The molecule has 19 heavy (non-hydrogen) atoms. The Kier molecular flexibility index (Phi) is 3.50. The maximum atomic E-state index is 12.1. The van der Waals surface area contributed by atoms with E-state index in [-0.39, 0.29) is 12.8 Å². The average Bonchev–Trinajstić information content (AvgIpc) is 2.62. The lowest BCUT2D eigenvalue weighted by atomic mass is 10.1. The van der Waals surface area contributed by atoms with E-state index in [0.29, 0.717) is 5.69 Å². The number of aryl methyl sites for hydroxylation is 1. The largest absolute Gasteiger partial charge is 0.481 e. The van der Waals surface area contributed by atoms with E-state index in [1.54, 1.807) is 18.2 Å². The Balaban J connectivity index is 2.17. The highest BCUT2D eigenvalue weighted by Gasteiger charge is 2.38. The molecule has 1 aromatic carbocycles. The van der Waals surface area contributed by atoms with Crippen LogP contribution in [0.5, 0.6) is 0 Å². The highest BCUT2D eigenvalue weighted by Crippen LogP contribution is 2.21. The monoisotopic (exact) mass is 262 g/mol. The molecule has 6 nitrogen and oxygen atoms in total. The molecule has 0 spiro atoms. The lowest BCUT2D eigenvalue weighted by Crippen LogP contribution is -2.31. The summed E-state index contributed by atoms with van der Waals surface area (Å²) >= 11 is 0. The van der Waals surface area contributed by atoms with E-state index in [9.17, 15) is 14.4 Å². The Morgan fingerprint density at radius 3 is 2.79 bits per heavy atom. The average molecular weight is 262 g/mol. The summed E-state index contributed by atoms with van der Waals surface area (Å²) in [5.74, 6) is -1.40. The summed E-state index contributed by atoms with van der Waals surface area (Å²) in [5.41, 5.74) is 1.44. The highest BCUT2D eigenvalue weighted by atomic mass is 16.4. The number of amides is 3. The summed E-state index contributed by atoms with van der Waals surface area (Å²) in [6.07, 6.45) is -0.0550. The molecule has 1 aliphatic heterocycles. The van der Waals surface area contributed by atoms with Crippen LogP contribution in [0.3, 0.4) is 0 Å². The molecule has 3 amide bonds. The summed E-state index contributed by atoms with van der Waals surface area (Å²) in [7, 11) is 0. The lowest BCUT2D eigenvalue weighted by molar-refractivity contribution is -0.137. The molecule has 1 aliphatic rings. The van der Waals surface area contributed by atoms with E-state index in [2.05, 4.69) is 5.32 Å². The lowest BCUT2D eigenvalue weighted by Gasteiger charge is -2.13. The molecule has 1 heterocycles. The molecule has 1 atom stereocenters. The Morgan fingerprint density at radius 2 is 2.16 bits per heavy atom. The zero-order chi connectivity index (χ0) is 14.0. The number of benzene rings is 1. The molecule has 1 unspecified atom stereocenters. The van der Waals surface area contributed by atoms with Crippen LogP contribution in [0, 0.1) is 6.92 Å². The summed E-state index contributed by atoms with van der Waals surface area (Å²) in [6.45, 7) is 1.86. The smallest absolute Gasteiger partial charge is 0.329 e. The normalized spacial score (nSPS) is 18.6. The Morgan fingerprint density at radius 1 is 1.42 bits per heavy atom. The Hall–Kier alpha value is -2.37. The number of hydrogen-bond acceptors (Lipinski definition) is 3. The van der Waals surface area contributed by atoms with Crippen LogP contribution >= 0.6 is 0 Å². The van der Waals surface area contributed by atoms with Gasteiger partial charge in [0.05, 0.1) is 5.69 Å². The number of nitrogens with one attached hydrogen (secondary N) is 1. The first-order valence-electron chi connectivity index (χ1n) is 5.92. The van der Waals surface area contributed by atoms with Crippen molar-refractivity contribution in [1.29, 1.82) is 0 Å². The minimum atomic E-state index is -0.990. The zero-order valence-electron chi connectivity index (χ0n) is 10.4. The van der Waals surface area contributed by atoms with E-state index in [0.717, 1.165) is 10.5 Å². The van der Waals surface area contributed by atoms with Crippen LogP contribution in [-0.2, 0) is 9.59 Å². The van der Waals surface area contributed by atoms with Gasteiger partial charge in [-0.2, -0.15) is 0 Å². The third-order valence-corrected chi connectivity index (χ3v) is 2.93. The van der Waals surface area contributed by atoms with Crippen molar-refractivity contribution in [2.75, 3.05) is 4.90 Å². The Labute approximate surface area is 110 Å². The van der Waals surface area contributed by atoms with Gasteiger partial charge in [-0.05, 0) is 31.0 Å². The second kappa shape index (κ2) is 5.09. The van der Waals surface area contributed by atoms with Gasteiger partial charge in [-0.15, -0.1) is 0 Å². The van der Waals surface area contributed by atoms with Gasteiger partial charge in [-0.25, -0.2) is 9.69 Å². The Bertz CT molecular complexity index is 541. The number of nitrogens with zero attached hydrogens (tertiary/aromatic N) is 1. The number of carbonyl (C=O) groups is 3. The fraction of sp³-hybridized carbons (Fsp3) is 0.308. The van der Waals surface area contributed by atoms with Gasteiger partial charge in [0.25, 0.3) is 5.91 Å². The van der Waals surface area contributed by atoms with Crippen LogP contribution in [0.2, 0.25) is 0 Å². The van der Waals surface area contributed by atoms with E-state index < -0.39 is 23.9 Å². The number of anilines is 1. The van der Waals surface area contributed by atoms with E-state index >= 15 is 0 Å². The molecule has 100 valence electrons. The maximum absolute atomic E-state index is 12.1. The first kappa shape index (κ1) is 13.1. The molecule has 0 aliphatic carbocycles. The summed E-state index contributed by atoms with van der Waals surface area (Å²) < 4.78 is 0. The SMILES string of the molecule is Cc1cccc(N2C(=O)NC(CCC(=O)O)C2=O)c1. The number of aliphatic carboxylic acids is 1. The summed E-state index contributed by atoms with van der Waals surface area (Å²) in [6, 6.07) is 5.76. The summed E-state index contributed by atoms with van der Waals surface area (Å²) in [5, 5.41) is 11.1. The highest BCUT2D eigenvalue weighted by molar-refractivity contribution is 6.21. The van der Waals surface area contributed by atoms with Gasteiger partial charge in [-0.3, -0.25) is 9.59 Å². The van der Waals surface area contributed by atoms with Crippen LogP contribution < -0.4 is 10.2 Å². The molecule has 0 aromatic heterocycles. The fourth-order valence-electron chi connectivity index (χ4n) is 2.01. The number of hydrogen-bond donors (Lipinski definition) is 2. The molecule has 1 saturated heterocycles. The van der Waals surface area contributed by atoms with Gasteiger partial charge in [0.2, 0.25) is 0 Å². The third kappa shape index (κ3) is 2.73. The molecule has 1 aromatic rings. The second-order valence-corrected chi connectivity index (χ2v) is 4.45. The molecule has 2 rings (SSSR count). The first-order chi connectivity index (χ1) is 8.99. The van der Waals surface area contributed by atoms with Crippen molar-refractivity contribution < 1.29 is 19.5 Å². The fourth-order valence-corrected chi connectivity index (χ4v) is 2.01. The summed E-state index contributed by atoms with van der Waals surface area (Å²) in [4.78, 5) is 35.4. The minimum Gasteiger partial charge on any atom is -0.481 e. The standard InChI is InChI=1S/C13H14N2O4/c1-8-3-2-4-9(7-8)15-12(18)10(14-13(15)19)5-6-11(16)17/h2-4,7,10H,5-6H2,1H3,(H,14,19)(H,16,17). The number of carbonyl (C=O) groups excluding carboxylic acids is 2. The molecule has 0 radical (unpaired) electrons. The maximum Gasteiger partial charge on any atom is 0.329 e. The van der Waals surface area contributed by atoms with Crippen molar-refractivity contribution in [3.8, 4) is 0 Å². The van der Waals surface area contributed by atoms with Crippen molar-refractivity contribution in [2.45, 2.75) is 25.8 Å². The number of rotatable bonds is 4. The van der Waals surface area contributed by atoms with Crippen LogP contribution in [0.1, 0.15) is 18.4 Å². The molecule has 1 fully saturated rings. The van der Waals surface area contributed by atoms with Crippen LogP contribution in [0.4, 0.5) is 10.5 Å². The molecule has 0 bridgehead atoms. The van der Waals surface area contributed by atoms with Gasteiger partial charge in [0.15, 0.2) is 0 Å². The zero-order valence-corrected chi connectivity index (χ0v) is 10.4.